The van der Waals surface area contributed by atoms with Gasteiger partial charge in [0.15, 0.2) is 0 Å². The van der Waals surface area contributed by atoms with Gasteiger partial charge in [-0.05, 0) is 56.2 Å². The molecule has 3 heteroatoms. The van der Waals surface area contributed by atoms with Crippen LogP contribution in [0, 0.1) is 5.82 Å². The van der Waals surface area contributed by atoms with Crippen LogP contribution in [-0.4, -0.2) is 26.3 Å². The molecule has 19 heavy (non-hydrogen) atoms. The molecule has 0 unspecified atom stereocenters. The lowest BCUT2D eigenvalue weighted by molar-refractivity contribution is 0.191. The van der Waals surface area contributed by atoms with Crippen molar-refractivity contribution < 1.29 is 9.13 Å². The summed E-state index contributed by atoms with van der Waals surface area (Å²) in [6, 6.07) is 7.74. The van der Waals surface area contributed by atoms with Gasteiger partial charge in [-0.25, -0.2) is 4.39 Å². The Morgan fingerprint density at radius 3 is 2.74 bits per heavy atom. The molecule has 0 radical (unpaired) electrons. The summed E-state index contributed by atoms with van der Waals surface area (Å²) in [7, 11) is 1.75. The minimum Gasteiger partial charge on any atom is -0.385 e. The van der Waals surface area contributed by atoms with Crippen LogP contribution in [0.5, 0.6) is 0 Å². The van der Waals surface area contributed by atoms with E-state index in [0.29, 0.717) is 12.0 Å². The smallest absolute Gasteiger partial charge is 0.126 e. The van der Waals surface area contributed by atoms with Crippen LogP contribution in [-0.2, 0) is 4.74 Å². The molecule has 1 saturated carbocycles. The number of halogens is 1. The Balaban J connectivity index is 1.58. The first-order valence-electron chi connectivity index (χ1n) is 7.28. The number of hydrogen-bond acceptors (Lipinski definition) is 2. The van der Waals surface area contributed by atoms with E-state index in [1.807, 2.05) is 12.1 Å². The van der Waals surface area contributed by atoms with Gasteiger partial charge in [0.2, 0.25) is 0 Å². The molecule has 1 aliphatic carbocycles. The molecule has 0 aromatic heterocycles. The fourth-order valence-electron chi connectivity index (χ4n) is 2.70. The monoisotopic (exact) mass is 265 g/mol. The molecule has 1 aromatic carbocycles. The normalized spacial score (nSPS) is 22.2. The third kappa shape index (κ3) is 4.29. The Kier molecular flexibility index (Phi) is 5.80. The summed E-state index contributed by atoms with van der Waals surface area (Å²) >= 11 is 0. The van der Waals surface area contributed by atoms with E-state index < -0.39 is 0 Å². The van der Waals surface area contributed by atoms with Gasteiger partial charge in [0.1, 0.15) is 5.82 Å². The standard InChI is InChI=1S/C16H24FNO/c1-19-10-6-2-5-9-18-14-11-13(12-14)15-7-3-4-8-16(15)17/h3-4,7-8,13-14,18H,2,5-6,9-12H2,1H3. The average Bonchev–Trinajstić information content (AvgIpc) is 2.37. The lowest BCUT2D eigenvalue weighted by atomic mass is 9.75. The van der Waals surface area contributed by atoms with E-state index in [1.165, 1.54) is 12.8 Å². The lowest BCUT2D eigenvalue weighted by Crippen LogP contribution is -2.40. The molecular weight excluding hydrogens is 241 g/mol. The molecule has 0 atom stereocenters. The van der Waals surface area contributed by atoms with Crippen LogP contribution in [0.2, 0.25) is 0 Å². The number of hydrogen-bond donors (Lipinski definition) is 1. The van der Waals surface area contributed by atoms with Gasteiger partial charge >= 0.3 is 0 Å². The van der Waals surface area contributed by atoms with E-state index >= 15 is 0 Å². The molecule has 0 aliphatic heterocycles. The van der Waals surface area contributed by atoms with E-state index in [1.54, 1.807) is 19.2 Å². The van der Waals surface area contributed by atoms with Crippen molar-refractivity contribution in [1.29, 1.82) is 0 Å². The summed E-state index contributed by atoms with van der Waals surface area (Å²) in [6.45, 7) is 1.93. The Morgan fingerprint density at radius 2 is 2.00 bits per heavy atom. The first kappa shape index (κ1) is 14.5. The molecule has 1 aliphatic rings. The summed E-state index contributed by atoms with van der Waals surface area (Å²) < 4.78 is 18.6. The number of unbranched alkanes of at least 4 members (excludes halogenated alkanes) is 2. The van der Waals surface area contributed by atoms with Crippen molar-refractivity contribution in [3.63, 3.8) is 0 Å². The third-order valence-corrected chi connectivity index (χ3v) is 3.94. The molecule has 106 valence electrons. The van der Waals surface area contributed by atoms with Crippen molar-refractivity contribution in [2.75, 3.05) is 20.3 Å². The largest absolute Gasteiger partial charge is 0.385 e. The molecule has 2 nitrogen and oxygen atoms in total. The van der Waals surface area contributed by atoms with E-state index in [9.17, 15) is 4.39 Å². The fourth-order valence-corrected chi connectivity index (χ4v) is 2.70. The van der Waals surface area contributed by atoms with Crippen LogP contribution in [0.15, 0.2) is 24.3 Å². The van der Waals surface area contributed by atoms with E-state index in [0.717, 1.165) is 38.0 Å². The number of rotatable bonds is 8. The van der Waals surface area contributed by atoms with E-state index in [4.69, 9.17) is 4.74 Å². The van der Waals surface area contributed by atoms with Gasteiger partial charge < -0.3 is 10.1 Å². The van der Waals surface area contributed by atoms with Gasteiger partial charge in [0.25, 0.3) is 0 Å². The highest BCUT2D eigenvalue weighted by Gasteiger charge is 2.31. The first-order valence-corrected chi connectivity index (χ1v) is 7.28. The number of benzene rings is 1. The Hall–Kier alpha value is -0.930. The number of ether oxygens (including phenoxy) is 1. The van der Waals surface area contributed by atoms with Gasteiger partial charge in [-0.15, -0.1) is 0 Å². The maximum absolute atomic E-state index is 13.6. The maximum Gasteiger partial charge on any atom is 0.126 e. The van der Waals surface area contributed by atoms with Crippen molar-refractivity contribution in [1.82, 2.24) is 5.32 Å². The van der Waals surface area contributed by atoms with Crippen molar-refractivity contribution in [2.45, 2.75) is 44.1 Å². The van der Waals surface area contributed by atoms with E-state index in [-0.39, 0.29) is 5.82 Å². The zero-order chi connectivity index (χ0) is 13.5. The topological polar surface area (TPSA) is 21.3 Å². The van der Waals surface area contributed by atoms with Gasteiger partial charge in [0, 0.05) is 19.8 Å². The average molecular weight is 265 g/mol. The Morgan fingerprint density at radius 1 is 1.21 bits per heavy atom. The van der Waals surface area contributed by atoms with Gasteiger partial charge in [-0.3, -0.25) is 0 Å². The number of nitrogens with one attached hydrogen (secondary N) is 1. The van der Waals surface area contributed by atoms with Crippen molar-refractivity contribution in [3.05, 3.63) is 35.6 Å². The second kappa shape index (κ2) is 7.61. The highest BCUT2D eigenvalue weighted by atomic mass is 19.1. The second-order valence-corrected chi connectivity index (χ2v) is 5.39. The molecular formula is C16H24FNO. The summed E-state index contributed by atoms with van der Waals surface area (Å²) in [5, 5.41) is 3.55. The highest BCUT2D eigenvalue weighted by molar-refractivity contribution is 5.24. The second-order valence-electron chi connectivity index (χ2n) is 5.39. The van der Waals surface area contributed by atoms with Crippen LogP contribution in [0.25, 0.3) is 0 Å². The molecule has 2 rings (SSSR count). The third-order valence-electron chi connectivity index (χ3n) is 3.94. The predicted octanol–water partition coefficient (Wildman–Crippen LogP) is 3.48. The molecule has 0 bridgehead atoms. The molecule has 0 saturated heterocycles. The predicted molar refractivity (Wildman–Crippen MR) is 75.9 cm³/mol. The van der Waals surface area contributed by atoms with Crippen LogP contribution in [0.1, 0.15) is 43.6 Å². The van der Waals surface area contributed by atoms with Crippen molar-refractivity contribution >= 4 is 0 Å². The first-order chi connectivity index (χ1) is 9.31. The minimum absolute atomic E-state index is 0.0504. The zero-order valence-corrected chi connectivity index (χ0v) is 11.7. The van der Waals surface area contributed by atoms with Crippen LogP contribution in [0.3, 0.4) is 0 Å². The maximum atomic E-state index is 13.6. The molecule has 1 aromatic rings. The van der Waals surface area contributed by atoms with Gasteiger partial charge in [0.05, 0.1) is 0 Å². The summed E-state index contributed by atoms with van der Waals surface area (Å²) in [6.07, 6.45) is 5.69. The van der Waals surface area contributed by atoms with Crippen molar-refractivity contribution in [2.24, 2.45) is 0 Å². The Bertz CT molecular complexity index is 377. The van der Waals surface area contributed by atoms with Gasteiger partial charge in [-0.2, -0.15) is 0 Å². The molecule has 1 fully saturated rings. The molecule has 0 heterocycles. The number of methoxy groups -OCH3 is 1. The Labute approximate surface area is 115 Å². The summed E-state index contributed by atoms with van der Waals surface area (Å²) in [5.74, 6) is 0.359. The van der Waals surface area contributed by atoms with Gasteiger partial charge in [-0.1, -0.05) is 18.2 Å². The quantitative estimate of drug-likeness (QED) is 0.727. The minimum atomic E-state index is -0.0504. The van der Waals surface area contributed by atoms with Crippen LogP contribution in [0.4, 0.5) is 4.39 Å². The fraction of sp³-hybridized carbons (Fsp3) is 0.625. The zero-order valence-electron chi connectivity index (χ0n) is 11.7. The van der Waals surface area contributed by atoms with Crippen LogP contribution >= 0.6 is 0 Å². The molecule has 0 amide bonds. The summed E-state index contributed by atoms with van der Waals surface area (Å²) in [5.41, 5.74) is 0.889. The van der Waals surface area contributed by atoms with Crippen LogP contribution < -0.4 is 5.32 Å². The molecule has 1 N–H and O–H groups in total. The summed E-state index contributed by atoms with van der Waals surface area (Å²) in [4.78, 5) is 0. The van der Waals surface area contributed by atoms with E-state index in [2.05, 4.69) is 5.32 Å². The van der Waals surface area contributed by atoms with Crippen molar-refractivity contribution in [3.8, 4) is 0 Å². The lowest BCUT2D eigenvalue weighted by Gasteiger charge is -2.36. The molecule has 0 spiro atoms. The SMILES string of the molecule is COCCCCCNC1CC(c2ccccc2F)C1. The highest BCUT2D eigenvalue weighted by Crippen LogP contribution is 2.37.